The number of hydrogen-bond donors (Lipinski definition) is 2. The molecule has 0 aromatic heterocycles. The number of hydrogen-bond acceptors (Lipinski definition) is 4. The van der Waals surface area contributed by atoms with Crippen LogP contribution in [0.15, 0.2) is 18.2 Å². The van der Waals surface area contributed by atoms with Gasteiger partial charge in [0.15, 0.2) is 0 Å². The number of nitrogens with one attached hydrogen (secondary N) is 1. The first-order chi connectivity index (χ1) is 9.15. The summed E-state index contributed by atoms with van der Waals surface area (Å²) in [5, 5.41) is 7.70. The van der Waals surface area contributed by atoms with E-state index < -0.39 is 0 Å². The van der Waals surface area contributed by atoms with Crippen LogP contribution in [0.1, 0.15) is 18.9 Å². The first-order valence-electron chi connectivity index (χ1n) is 6.54. The van der Waals surface area contributed by atoms with E-state index in [1.165, 1.54) is 0 Å². The van der Waals surface area contributed by atoms with E-state index in [1.54, 1.807) is 7.11 Å². The number of morpholine rings is 1. The van der Waals surface area contributed by atoms with Gasteiger partial charge in [-0.05, 0) is 18.6 Å². The van der Waals surface area contributed by atoms with Crippen LogP contribution in [-0.4, -0.2) is 38.7 Å². The van der Waals surface area contributed by atoms with Gasteiger partial charge in [0.05, 0.1) is 25.5 Å². The van der Waals surface area contributed by atoms with Crippen LogP contribution >= 0.6 is 0 Å². The lowest BCUT2D eigenvalue weighted by Gasteiger charge is -2.35. The van der Waals surface area contributed by atoms with Crippen LogP contribution in [0.25, 0.3) is 0 Å². The highest BCUT2D eigenvalue weighted by molar-refractivity contribution is 6.00. The summed E-state index contributed by atoms with van der Waals surface area (Å²) >= 11 is 0. The maximum atomic E-state index is 7.70. The molecule has 104 valence electrons. The fourth-order valence-electron chi connectivity index (χ4n) is 2.31. The second-order valence-corrected chi connectivity index (χ2v) is 4.64. The highest BCUT2D eigenvalue weighted by Crippen LogP contribution is 2.27. The molecule has 1 aliphatic heterocycles. The highest BCUT2D eigenvalue weighted by atomic mass is 16.5. The molecule has 1 saturated heterocycles. The van der Waals surface area contributed by atoms with Gasteiger partial charge in [0, 0.05) is 24.7 Å². The lowest BCUT2D eigenvalue weighted by Crippen LogP contribution is -2.43. The van der Waals surface area contributed by atoms with Crippen LogP contribution in [-0.2, 0) is 4.74 Å². The lowest BCUT2D eigenvalue weighted by atomic mass is 10.1. The number of nitrogen functional groups attached to an aromatic ring is 1. The zero-order chi connectivity index (χ0) is 13.8. The summed E-state index contributed by atoms with van der Waals surface area (Å²) in [7, 11) is 1.64. The molecule has 0 spiro atoms. The Balaban J connectivity index is 2.32. The molecule has 1 aromatic carbocycles. The number of benzene rings is 1. The second-order valence-electron chi connectivity index (χ2n) is 4.64. The predicted octanol–water partition coefficient (Wildman–Crippen LogP) is 1.59. The molecule has 0 amide bonds. The van der Waals surface area contributed by atoms with Crippen molar-refractivity contribution in [2.75, 3.05) is 31.7 Å². The molecule has 1 heterocycles. The molecule has 0 aliphatic carbocycles. The molecule has 0 radical (unpaired) electrons. The van der Waals surface area contributed by atoms with Gasteiger partial charge in [0.1, 0.15) is 11.6 Å². The van der Waals surface area contributed by atoms with Crippen molar-refractivity contribution < 1.29 is 9.47 Å². The SMILES string of the molecule is CCC1CN(c2cc(OC)ccc2C(=N)N)CCO1. The molecular weight excluding hydrogens is 242 g/mol. The Hall–Kier alpha value is -1.75. The van der Waals surface area contributed by atoms with Gasteiger partial charge in [-0.2, -0.15) is 0 Å². The van der Waals surface area contributed by atoms with Crippen molar-refractivity contribution in [2.24, 2.45) is 5.73 Å². The van der Waals surface area contributed by atoms with Crippen molar-refractivity contribution in [1.82, 2.24) is 0 Å². The Labute approximate surface area is 113 Å². The third-order valence-electron chi connectivity index (χ3n) is 3.43. The number of nitrogens with zero attached hydrogens (tertiary/aromatic N) is 1. The summed E-state index contributed by atoms with van der Waals surface area (Å²) in [5.41, 5.74) is 7.36. The molecule has 3 N–H and O–H groups in total. The molecule has 0 saturated carbocycles. The van der Waals surface area contributed by atoms with E-state index in [4.69, 9.17) is 20.6 Å². The molecule has 1 aromatic rings. The van der Waals surface area contributed by atoms with Crippen molar-refractivity contribution >= 4 is 11.5 Å². The molecule has 2 rings (SSSR count). The average Bonchev–Trinajstić information content (AvgIpc) is 2.46. The highest BCUT2D eigenvalue weighted by Gasteiger charge is 2.22. The fourth-order valence-corrected chi connectivity index (χ4v) is 2.31. The van der Waals surface area contributed by atoms with Gasteiger partial charge >= 0.3 is 0 Å². The maximum Gasteiger partial charge on any atom is 0.124 e. The van der Waals surface area contributed by atoms with Crippen molar-refractivity contribution in [1.29, 1.82) is 5.41 Å². The summed E-state index contributed by atoms with van der Waals surface area (Å²) in [6, 6.07) is 5.61. The van der Waals surface area contributed by atoms with E-state index in [1.807, 2.05) is 18.2 Å². The van der Waals surface area contributed by atoms with Crippen molar-refractivity contribution in [3.05, 3.63) is 23.8 Å². The van der Waals surface area contributed by atoms with Crippen molar-refractivity contribution in [3.8, 4) is 5.75 Å². The number of rotatable bonds is 4. The van der Waals surface area contributed by atoms with E-state index in [2.05, 4.69) is 11.8 Å². The minimum Gasteiger partial charge on any atom is -0.497 e. The molecule has 1 fully saturated rings. The smallest absolute Gasteiger partial charge is 0.124 e. The zero-order valence-electron chi connectivity index (χ0n) is 11.5. The number of amidine groups is 1. The van der Waals surface area contributed by atoms with Gasteiger partial charge in [-0.3, -0.25) is 5.41 Å². The van der Waals surface area contributed by atoms with Crippen molar-refractivity contribution in [3.63, 3.8) is 0 Å². The topological polar surface area (TPSA) is 71.6 Å². The van der Waals surface area contributed by atoms with Gasteiger partial charge in [-0.15, -0.1) is 0 Å². The van der Waals surface area contributed by atoms with E-state index in [0.717, 1.165) is 36.5 Å². The minimum atomic E-state index is 0.0807. The third-order valence-corrected chi connectivity index (χ3v) is 3.43. The summed E-state index contributed by atoms with van der Waals surface area (Å²) < 4.78 is 10.9. The first kappa shape index (κ1) is 13.7. The predicted molar refractivity (Wildman–Crippen MR) is 76.3 cm³/mol. The molecule has 19 heavy (non-hydrogen) atoms. The molecule has 0 bridgehead atoms. The molecule has 1 unspecified atom stereocenters. The van der Waals surface area contributed by atoms with E-state index in [9.17, 15) is 0 Å². The number of methoxy groups -OCH3 is 1. The normalized spacial score (nSPS) is 19.3. The van der Waals surface area contributed by atoms with Gasteiger partial charge < -0.3 is 20.1 Å². The number of ether oxygens (including phenoxy) is 2. The minimum absolute atomic E-state index is 0.0807. The third kappa shape index (κ3) is 2.98. The van der Waals surface area contributed by atoms with E-state index in [-0.39, 0.29) is 11.9 Å². The van der Waals surface area contributed by atoms with Gasteiger partial charge in [-0.1, -0.05) is 6.92 Å². The summed E-state index contributed by atoms with van der Waals surface area (Å²) in [5.74, 6) is 0.858. The summed E-state index contributed by atoms with van der Waals surface area (Å²) in [6.45, 7) is 4.45. The molecule has 1 atom stereocenters. The summed E-state index contributed by atoms with van der Waals surface area (Å²) in [4.78, 5) is 2.22. The maximum absolute atomic E-state index is 7.70. The quantitative estimate of drug-likeness (QED) is 0.639. The van der Waals surface area contributed by atoms with Crippen LogP contribution in [0.5, 0.6) is 5.75 Å². The van der Waals surface area contributed by atoms with E-state index >= 15 is 0 Å². The van der Waals surface area contributed by atoms with Gasteiger partial charge in [0.2, 0.25) is 0 Å². The Kier molecular flexibility index (Phi) is 4.27. The first-order valence-corrected chi connectivity index (χ1v) is 6.54. The standard InChI is InChI=1S/C14H21N3O2/c1-3-10-9-17(6-7-19-10)13-8-11(18-2)4-5-12(13)14(15)16/h4-5,8,10H,3,6-7,9H2,1-2H3,(H3,15,16). The summed E-state index contributed by atoms with van der Waals surface area (Å²) in [6.07, 6.45) is 1.22. The van der Waals surface area contributed by atoms with Crippen LogP contribution in [0.2, 0.25) is 0 Å². The molecular formula is C14H21N3O2. The Bertz CT molecular complexity index is 462. The molecule has 5 heteroatoms. The zero-order valence-corrected chi connectivity index (χ0v) is 11.5. The average molecular weight is 263 g/mol. The Morgan fingerprint density at radius 2 is 2.37 bits per heavy atom. The van der Waals surface area contributed by atoms with Crippen molar-refractivity contribution in [2.45, 2.75) is 19.4 Å². The van der Waals surface area contributed by atoms with Gasteiger partial charge in [0.25, 0.3) is 0 Å². The monoisotopic (exact) mass is 263 g/mol. The Morgan fingerprint density at radius 3 is 3.00 bits per heavy atom. The van der Waals surface area contributed by atoms with Crippen LogP contribution in [0.4, 0.5) is 5.69 Å². The number of nitrogens with two attached hydrogens (primary N) is 1. The van der Waals surface area contributed by atoms with Crippen LogP contribution < -0.4 is 15.4 Å². The number of anilines is 1. The molecule has 1 aliphatic rings. The lowest BCUT2D eigenvalue weighted by molar-refractivity contribution is 0.0384. The largest absolute Gasteiger partial charge is 0.497 e. The molecule has 5 nitrogen and oxygen atoms in total. The van der Waals surface area contributed by atoms with Crippen LogP contribution in [0.3, 0.4) is 0 Å². The van der Waals surface area contributed by atoms with E-state index in [0.29, 0.717) is 6.61 Å². The fraction of sp³-hybridized carbons (Fsp3) is 0.500. The van der Waals surface area contributed by atoms with Gasteiger partial charge in [-0.25, -0.2) is 0 Å². The van der Waals surface area contributed by atoms with Crippen LogP contribution in [0, 0.1) is 5.41 Å². The Morgan fingerprint density at radius 1 is 1.58 bits per heavy atom. The second kappa shape index (κ2) is 5.93.